The van der Waals surface area contributed by atoms with E-state index in [1.807, 2.05) is 0 Å². The van der Waals surface area contributed by atoms with E-state index in [0.29, 0.717) is 16.6 Å². The van der Waals surface area contributed by atoms with Gasteiger partial charge in [-0.15, -0.1) is 0 Å². The SMILES string of the molecule is Cc1cc2c(cc1F)[nH]c(=S)n2-c1c(F)cc(F)cc1Cl. The van der Waals surface area contributed by atoms with Gasteiger partial charge >= 0.3 is 0 Å². The fraction of sp³-hybridized carbons (Fsp3) is 0.0714. The summed E-state index contributed by atoms with van der Waals surface area (Å²) in [7, 11) is 0. The summed E-state index contributed by atoms with van der Waals surface area (Å²) in [6.07, 6.45) is 0. The smallest absolute Gasteiger partial charge is 0.182 e. The first-order valence-electron chi connectivity index (χ1n) is 5.94. The van der Waals surface area contributed by atoms with Crippen molar-refractivity contribution in [1.29, 1.82) is 0 Å². The molecule has 108 valence electrons. The van der Waals surface area contributed by atoms with Gasteiger partial charge in [-0.2, -0.15) is 0 Å². The quantitative estimate of drug-likeness (QED) is 0.619. The molecule has 1 heterocycles. The predicted octanol–water partition coefficient (Wildman–Crippen LogP) is 5.07. The summed E-state index contributed by atoms with van der Waals surface area (Å²) in [5, 5.41) is -0.119. The van der Waals surface area contributed by atoms with Crippen molar-refractivity contribution < 1.29 is 13.2 Å². The lowest BCUT2D eigenvalue weighted by molar-refractivity contribution is 0.578. The second kappa shape index (κ2) is 4.89. The highest BCUT2D eigenvalue weighted by atomic mass is 35.5. The molecule has 3 aromatic rings. The Morgan fingerprint density at radius 2 is 1.81 bits per heavy atom. The number of benzene rings is 2. The number of hydrogen-bond acceptors (Lipinski definition) is 1. The summed E-state index contributed by atoms with van der Waals surface area (Å²) in [4.78, 5) is 2.78. The van der Waals surface area contributed by atoms with Crippen molar-refractivity contribution in [2.75, 3.05) is 0 Å². The highest BCUT2D eigenvalue weighted by Crippen LogP contribution is 2.29. The van der Waals surface area contributed by atoms with Crippen LogP contribution in [0.1, 0.15) is 5.56 Å². The first-order chi connectivity index (χ1) is 9.88. The van der Waals surface area contributed by atoms with Crippen LogP contribution in [0.3, 0.4) is 0 Å². The Balaban J connectivity index is 2.44. The Morgan fingerprint density at radius 3 is 2.48 bits per heavy atom. The normalized spacial score (nSPS) is 11.3. The van der Waals surface area contributed by atoms with Gasteiger partial charge in [-0.05, 0) is 42.9 Å². The summed E-state index contributed by atoms with van der Waals surface area (Å²) in [6, 6.07) is 4.51. The van der Waals surface area contributed by atoms with Crippen LogP contribution in [-0.4, -0.2) is 9.55 Å². The number of aryl methyl sites for hydroxylation is 1. The summed E-state index contributed by atoms with van der Waals surface area (Å²) in [6.45, 7) is 1.58. The Bertz CT molecular complexity index is 907. The van der Waals surface area contributed by atoms with E-state index in [-0.39, 0.29) is 15.5 Å². The molecule has 7 heteroatoms. The first-order valence-corrected chi connectivity index (χ1v) is 6.73. The van der Waals surface area contributed by atoms with Crippen LogP contribution in [0, 0.1) is 29.1 Å². The van der Waals surface area contributed by atoms with Gasteiger partial charge in [-0.3, -0.25) is 4.57 Å². The predicted molar refractivity (Wildman–Crippen MR) is 78.1 cm³/mol. The number of halogens is 4. The molecule has 0 radical (unpaired) electrons. The number of imidazole rings is 1. The van der Waals surface area contributed by atoms with Gasteiger partial charge in [0.1, 0.15) is 17.3 Å². The molecule has 0 unspecified atom stereocenters. The summed E-state index contributed by atoms with van der Waals surface area (Å²) in [5.41, 5.74) is 1.18. The van der Waals surface area contributed by atoms with E-state index in [9.17, 15) is 13.2 Å². The van der Waals surface area contributed by atoms with Crippen LogP contribution in [0.5, 0.6) is 0 Å². The largest absolute Gasteiger partial charge is 0.330 e. The van der Waals surface area contributed by atoms with Gasteiger partial charge in [0.05, 0.1) is 16.1 Å². The minimum Gasteiger partial charge on any atom is -0.330 e. The lowest BCUT2D eigenvalue weighted by atomic mass is 10.2. The van der Waals surface area contributed by atoms with Crippen molar-refractivity contribution in [3.8, 4) is 5.69 Å². The minimum atomic E-state index is -0.848. The molecule has 0 fully saturated rings. The summed E-state index contributed by atoms with van der Waals surface area (Å²) in [5.74, 6) is -2.04. The van der Waals surface area contributed by atoms with Crippen LogP contribution < -0.4 is 0 Å². The summed E-state index contributed by atoms with van der Waals surface area (Å²) < 4.78 is 42.3. The van der Waals surface area contributed by atoms with E-state index in [4.69, 9.17) is 23.8 Å². The Morgan fingerprint density at radius 1 is 1.10 bits per heavy atom. The fourth-order valence-corrected chi connectivity index (χ4v) is 2.78. The monoisotopic (exact) mass is 328 g/mol. The highest BCUT2D eigenvalue weighted by Gasteiger charge is 2.17. The number of H-pyrrole nitrogens is 1. The Labute approximate surface area is 127 Å². The molecule has 21 heavy (non-hydrogen) atoms. The van der Waals surface area contributed by atoms with Crippen molar-refractivity contribution in [3.63, 3.8) is 0 Å². The zero-order valence-electron chi connectivity index (χ0n) is 10.7. The molecule has 0 aliphatic rings. The van der Waals surface area contributed by atoms with Crippen LogP contribution in [-0.2, 0) is 0 Å². The molecule has 1 aromatic heterocycles. The van der Waals surface area contributed by atoms with Crippen LogP contribution in [0.4, 0.5) is 13.2 Å². The maximum atomic E-state index is 14.1. The molecule has 3 rings (SSSR count). The van der Waals surface area contributed by atoms with Gasteiger partial charge in [0.15, 0.2) is 10.6 Å². The minimum absolute atomic E-state index is 0.0691. The van der Waals surface area contributed by atoms with Crippen LogP contribution in [0.15, 0.2) is 24.3 Å². The van der Waals surface area contributed by atoms with E-state index >= 15 is 0 Å². The van der Waals surface area contributed by atoms with Crippen molar-refractivity contribution >= 4 is 34.9 Å². The first kappa shape index (κ1) is 14.2. The zero-order valence-corrected chi connectivity index (χ0v) is 12.2. The van der Waals surface area contributed by atoms with Crippen molar-refractivity contribution in [1.82, 2.24) is 9.55 Å². The molecule has 2 aromatic carbocycles. The van der Waals surface area contributed by atoms with Crippen molar-refractivity contribution in [2.24, 2.45) is 0 Å². The van der Waals surface area contributed by atoms with E-state index in [1.54, 1.807) is 6.92 Å². The third-order valence-electron chi connectivity index (χ3n) is 3.17. The van der Waals surface area contributed by atoms with Gasteiger partial charge in [0.2, 0.25) is 0 Å². The molecule has 0 aliphatic heterocycles. The third kappa shape index (κ3) is 2.24. The molecular formula is C14H8ClF3N2S. The molecule has 0 aliphatic carbocycles. The molecule has 0 spiro atoms. The molecule has 0 atom stereocenters. The topological polar surface area (TPSA) is 20.7 Å². The maximum Gasteiger partial charge on any atom is 0.182 e. The number of aromatic amines is 1. The van der Waals surface area contributed by atoms with E-state index in [2.05, 4.69) is 4.98 Å². The molecule has 0 saturated heterocycles. The van der Waals surface area contributed by atoms with E-state index in [1.165, 1.54) is 16.7 Å². The Kier molecular flexibility index (Phi) is 3.30. The second-order valence-corrected chi connectivity index (χ2v) is 5.40. The molecule has 1 N–H and O–H groups in total. The average Bonchev–Trinajstić information content (AvgIpc) is 2.66. The molecule has 0 saturated carbocycles. The number of aromatic nitrogens is 2. The summed E-state index contributed by atoms with van der Waals surface area (Å²) >= 11 is 11.1. The third-order valence-corrected chi connectivity index (χ3v) is 3.74. The van der Waals surface area contributed by atoms with Crippen molar-refractivity contribution in [2.45, 2.75) is 6.92 Å². The zero-order chi connectivity index (χ0) is 15.3. The van der Waals surface area contributed by atoms with Crippen LogP contribution in [0.25, 0.3) is 16.7 Å². The van der Waals surface area contributed by atoms with Gasteiger partial charge in [-0.25, -0.2) is 13.2 Å². The van der Waals surface area contributed by atoms with Gasteiger partial charge in [0, 0.05) is 6.07 Å². The van der Waals surface area contributed by atoms with Crippen molar-refractivity contribution in [3.05, 3.63) is 57.1 Å². The molecular weight excluding hydrogens is 321 g/mol. The number of hydrogen-bond donors (Lipinski definition) is 1. The number of nitrogens with one attached hydrogen (secondary N) is 1. The lowest BCUT2D eigenvalue weighted by Gasteiger charge is -2.09. The highest BCUT2D eigenvalue weighted by molar-refractivity contribution is 7.71. The standard InChI is InChI=1S/C14H8ClF3N2S/c1-6-2-12-11(5-9(6)17)19-14(21)20(12)13-8(15)3-7(16)4-10(13)18/h2-5H,1H3,(H,19,21). The van der Waals surface area contributed by atoms with Crippen LogP contribution >= 0.6 is 23.8 Å². The molecule has 0 bridgehead atoms. The second-order valence-electron chi connectivity index (χ2n) is 4.60. The fourth-order valence-electron chi connectivity index (χ4n) is 2.20. The molecule has 2 nitrogen and oxygen atoms in total. The van der Waals surface area contributed by atoms with Gasteiger partial charge in [0.25, 0.3) is 0 Å². The lowest BCUT2D eigenvalue weighted by Crippen LogP contribution is -2.00. The van der Waals surface area contributed by atoms with E-state index in [0.717, 1.165) is 12.1 Å². The van der Waals surface area contributed by atoms with Gasteiger partial charge < -0.3 is 4.98 Å². The maximum absolute atomic E-state index is 14.1. The van der Waals surface area contributed by atoms with Gasteiger partial charge in [-0.1, -0.05) is 11.6 Å². The average molecular weight is 329 g/mol. The van der Waals surface area contributed by atoms with Crippen LogP contribution in [0.2, 0.25) is 5.02 Å². The Hall–Kier alpha value is -1.79. The molecule has 0 amide bonds. The number of rotatable bonds is 1. The van der Waals surface area contributed by atoms with E-state index < -0.39 is 17.5 Å². The number of fused-ring (bicyclic) bond motifs is 1. The number of nitrogens with zero attached hydrogens (tertiary/aromatic N) is 1.